The van der Waals surface area contributed by atoms with Crippen LogP contribution in [-0.4, -0.2) is 71.3 Å². The van der Waals surface area contributed by atoms with E-state index >= 15 is 0 Å². The number of likely N-dealkylation sites (tertiary alicyclic amines) is 1. The van der Waals surface area contributed by atoms with Gasteiger partial charge in [0.15, 0.2) is 0 Å². The van der Waals surface area contributed by atoms with Crippen LogP contribution in [0.1, 0.15) is 81.8 Å². The summed E-state index contributed by atoms with van der Waals surface area (Å²) in [6.07, 6.45) is 2.25. The summed E-state index contributed by atoms with van der Waals surface area (Å²) in [6.45, 7) is 7.01. The van der Waals surface area contributed by atoms with Crippen molar-refractivity contribution >= 4 is 40.5 Å². The van der Waals surface area contributed by atoms with Crippen LogP contribution in [0.25, 0.3) is 10.9 Å². The fraction of sp³-hybridized carbons (Fsp3) is 0.500. The van der Waals surface area contributed by atoms with Gasteiger partial charge in [-0.05, 0) is 95.5 Å². The molecule has 2 fully saturated rings. The molecule has 3 atom stereocenters. The van der Waals surface area contributed by atoms with E-state index in [-0.39, 0.29) is 36.2 Å². The Hall–Kier alpha value is -4.41. The molecule has 11 heteroatoms. The summed E-state index contributed by atoms with van der Waals surface area (Å²) < 4.78 is 24.4. The number of nitrogens with one attached hydrogen (secondary N) is 3. The summed E-state index contributed by atoms with van der Waals surface area (Å²) in [5.41, 5.74) is 1.92. The number of alkyl carbamates (subject to hydrolysis) is 1. The van der Waals surface area contributed by atoms with Gasteiger partial charge in [0.2, 0.25) is 11.8 Å². The van der Waals surface area contributed by atoms with Gasteiger partial charge in [-0.3, -0.25) is 9.59 Å². The molecule has 3 N–H and O–H groups in total. The van der Waals surface area contributed by atoms with Crippen molar-refractivity contribution in [2.75, 3.05) is 25.1 Å². The van der Waals surface area contributed by atoms with Crippen LogP contribution in [0, 0.1) is 11.8 Å². The molecule has 1 aliphatic heterocycles. The number of halogens is 1. The molecule has 1 saturated carbocycles. The van der Waals surface area contributed by atoms with Gasteiger partial charge in [-0.25, -0.2) is 14.0 Å². The quantitative estimate of drug-likeness (QED) is 0.232. The van der Waals surface area contributed by atoms with Gasteiger partial charge in [0.05, 0.1) is 12.6 Å². The number of aromatic nitrogens is 1. The molecular formula is C36H45FN4O6. The zero-order valence-electron chi connectivity index (χ0n) is 27.5. The highest BCUT2D eigenvalue weighted by Crippen LogP contribution is 2.39. The lowest BCUT2D eigenvalue weighted by Gasteiger charge is -2.36. The van der Waals surface area contributed by atoms with Crippen LogP contribution in [0.3, 0.4) is 0 Å². The highest BCUT2D eigenvalue weighted by atomic mass is 19.1. The van der Waals surface area contributed by atoms with Crippen LogP contribution in [-0.2, 0) is 19.1 Å². The molecule has 1 saturated heterocycles. The molecule has 1 aromatic heterocycles. The lowest BCUT2D eigenvalue weighted by molar-refractivity contribution is -0.141. The molecule has 2 heterocycles. The Kier molecular flexibility index (Phi) is 10.5. The minimum Gasteiger partial charge on any atom is -0.461 e. The van der Waals surface area contributed by atoms with E-state index in [1.807, 2.05) is 30.3 Å². The summed E-state index contributed by atoms with van der Waals surface area (Å²) in [4.78, 5) is 57.4. The first-order valence-electron chi connectivity index (χ1n) is 16.5. The number of alkyl halides is 1. The number of rotatable bonds is 9. The zero-order chi connectivity index (χ0) is 33.7. The fourth-order valence-electron chi connectivity index (χ4n) is 6.90. The number of amides is 3. The van der Waals surface area contributed by atoms with Crippen molar-refractivity contribution < 1.29 is 33.0 Å². The molecule has 1 aliphatic carbocycles. The summed E-state index contributed by atoms with van der Waals surface area (Å²) in [5.74, 6) is -1.39. The Bertz CT molecular complexity index is 1580. The minimum atomic E-state index is -0.716. The fourth-order valence-corrected chi connectivity index (χ4v) is 6.90. The molecule has 0 unspecified atom stereocenters. The van der Waals surface area contributed by atoms with Crippen molar-refractivity contribution in [2.24, 2.45) is 11.8 Å². The van der Waals surface area contributed by atoms with Crippen LogP contribution in [0.4, 0.5) is 14.9 Å². The van der Waals surface area contributed by atoms with Gasteiger partial charge in [0, 0.05) is 35.0 Å². The molecular weight excluding hydrogens is 603 g/mol. The minimum absolute atomic E-state index is 0.0703. The highest BCUT2D eigenvalue weighted by molar-refractivity contribution is 6.01. The highest BCUT2D eigenvalue weighted by Gasteiger charge is 2.45. The van der Waals surface area contributed by atoms with Crippen molar-refractivity contribution in [1.82, 2.24) is 15.2 Å². The maximum Gasteiger partial charge on any atom is 0.407 e. The maximum absolute atomic E-state index is 14.1. The number of ether oxygens (including phenoxy) is 2. The number of anilines is 1. The van der Waals surface area contributed by atoms with Gasteiger partial charge < -0.3 is 30.0 Å². The summed E-state index contributed by atoms with van der Waals surface area (Å²) in [7, 11) is 0. The Labute approximate surface area is 274 Å². The molecule has 3 amide bonds. The molecule has 3 aromatic rings. The number of benzene rings is 2. The van der Waals surface area contributed by atoms with E-state index in [9.17, 15) is 23.6 Å². The first-order valence-corrected chi connectivity index (χ1v) is 16.5. The third-order valence-electron chi connectivity index (χ3n) is 9.12. The van der Waals surface area contributed by atoms with Gasteiger partial charge >= 0.3 is 12.1 Å². The van der Waals surface area contributed by atoms with Crippen LogP contribution in [0.15, 0.2) is 54.6 Å². The van der Waals surface area contributed by atoms with Crippen LogP contribution >= 0.6 is 0 Å². The number of hydrogen-bond acceptors (Lipinski definition) is 6. The normalized spacial score (nSPS) is 22.0. The van der Waals surface area contributed by atoms with Gasteiger partial charge in [-0.1, -0.05) is 30.3 Å². The largest absolute Gasteiger partial charge is 0.461 e. The summed E-state index contributed by atoms with van der Waals surface area (Å²) >= 11 is 0. The number of aromatic amines is 1. The topological polar surface area (TPSA) is 130 Å². The van der Waals surface area contributed by atoms with Gasteiger partial charge in [-0.2, -0.15) is 0 Å². The van der Waals surface area contributed by atoms with E-state index in [4.69, 9.17) is 9.47 Å². The average Bonchev–Trinajstić information content (AvgIpc) is 3.68. The van der Waals surface area contributed by atoms with Gasteiger partial charge in [0.25, 0.3) is 0 Å². The van der Waals surface area contributed by atoms with E-state index in [0.29, 0.717) is 50.0 Å². The predicted octanol–water partition coefficient (Wildman–Crippen LogP) is 6.34. The number of fused-ring (bicyclic) bond motifs is 1. The molecule has 252 valence electrons. The number of carbonyl (C=O) groups excluding carboxylic acids is 4. The standard InChI is InChI=1S/C36H45FN4O6/c1-5-46-34(44)29-20-25-19-26(15-16-28(25)39-29)38-32(42)31-27(22-9-7-6-8-10-22)17-18-41(31)33(43)24-13-11-23(12-14-24)30(21-37)40-35(45)47-36(2,3)4/h6-10,15-16,19-20,23-24,27,30-31,39H,5,11-14,17-18,21H2,1-4H3,(H,38,42)(H,40,45)/t23?,24?,27-,30-,31-/m1/s1. The second-order valence-corrected chi connectivity index (χ2v) is 13.5. The smallest absolute Gasteiger partial charge is 0.407 e. The first-order chi connectivity index (χ1) is 22.5. The second-order valence-electron chi connectivity index (χ2n) is 13.5. The predicted molar refractivity (Wildman–Crippen MR) is 177 cm³/mol. The lowest BCUT2D eigenvalue weighted by atomic mass is 9.78. The van der Waals surface area contributed by atoms with E-state index < -0.39 is 36.4 Å². The van der Waals surface area contributed by atoms with Crippen molar-refractivity contribution in [3.8, 4) is 0 Å². The van der Waals surface area contributed by atoms with Gasteiger partial charge in [0.1, 0.15) is 24.0 Å². The maximum atomic E-state index is 14.1. The van der Waals surface area contributed by atoms with Crippen LogP contribution in [0.2, 0.25) is 0 Å². The molecule has 0 radical (unpaired) electrons. The van der Waals surface area contributed by atoms with E-state index in [1.165, 1.54) is 0 Å². The van der Waals surface area contributed by atoms with Crippen molar-refractivity contribution in [1.29, 1.82) is 0 Å². The molecule has 2 aliphatic rings. The lowest BCUT2D eigenvalue weighted by Crippen LogP contribution is -2.49. The summed E-state index contributed by atoms with van der Waals surface area (Å²) in [5, 5.41) is 6.45. The molecule has 0 bridgehead atoms. The molecule has 10 nitrogen and oxygen atoms in total. The van der Waals surface area contributed by atoms with Crippen molar-refractivity contribution in [3.63, 3.8) is 0 Å². The zero-order valence-corrected chi connectivity index (χ0v) is 27.5. The monoisotopic (exact) mass is 648 g/mol. The van der Waals surface area contributed by atoms with Crippen molar-refractivity contribution in [3.05, 3.63) is 65.9 Å². The number of hydrogen-bond donors (Lipinski definition) is 3. The number of nitrogens with zero attached hydrogens (tertiary/aromatic N) is 1. The molecule has 0 spiro atoms. The number of esters is 1. The molecule has 47 heavy (non-hydrogen) atoms. The second kappa shape index (κ2) is 14.6. The molecule has 5 rings (SSSR count). The third-order valence-corrected chi connectivity index (χ3v) is 9.12. The summed E-state index contributed by atoms with van der Waals surface area (Å²) in [6, 6.07) is 15.4. The Morgan fingerprint density at radius 2 is 1.72 bits per heavy atom. The first kappa shape index (κ1) is 33.9. The molecule has 2 aromatic carbocycles. The number of carbonyl (C=O) groups is 4. The Balaban J connectivity index is 1.29. The van der Waals surface area contributed by atoms with E-state index in [1.54, 1.807) is 56.9 Å². The SMILES string of the molecule is CCOC(=O)c1cc2cc(NC(=O)[C@H]3[C@@H](c4ccccc4)CCN3C(=O)C3CCC([C@@H](CF)NC(=O)OC(C)(C)C)CC3)ccc2[nH]1. The Morgan fingerprint density at radius 3 is 2.38 bits per heavy atom. The van der Waals surface area contributed by atoms with Crippen LogP contribution in [0.5, 0.6) is 0 Å². The van der Waals surface area contributed by atoms with Crippen molar-refractivity contribution in [2.45, 2.75) is 83.4 Å². The average molecular weight is 649 g/mol. The van der Waals surface area contributed by atoms with Gasteiger partial charge in [-0.15, -0.1) is 0 Å². The Morgan fingerprint density at radius 1 is 1.00 bits per heavy atom. The third kappa shape index (κ3) is 8.12. The van der Waals surface area contributed by atoms with E-state index in [2.05, 4.69) is 15.6 Å². The number of H-pyrrole nitrogens is 1. The van der Waals surface area contributed by atoms with Crippen LogP contribution < -0.4 is 10.6 Å². The van der Waals surface area contributed by atoms with E-state index in [0.717, 1.165) is 16.5 Å².